The summed E-state index contributed by atoms with van der Waals surface area (Å²) in [6, 6.07) is 5.61. The fourth-order valence-electron chi connectivity index (χ4n) is 2.75. The van der Waals surface area contributed by atoms with Gasteiger partial charge in [-0.2, -0.15) is 5.10 Å². The second-order valence-corrected chi connectivity index (χ2v) is 5.15. The van der Waals surface area contributed by atoms with E-state index >= 15 is 0 Å². The van der Waals surface area contributed by atoms with Gasteiger partial charge in [0, 0.05) is 36.3 Å². The van der Waals surface area contributed by atoms with Crippen LogP contribution in [0.1, 0.15) is 10.4 Å². The lowest BCUT2D eigenvalue weighted by Gasteiger charge is -2.28. The molecule has 0 amide bonds. The molecule has 3 aromatic heterocycles. The van der Waals surface area contributed by atoms with E-state index in [-0.39, 0.29) is 0 Å². The predicted molar refractivity (Wildman–Crippen MR) is 81.6 cm³/mol. The number of hydrogen-bond acceptors (Lipinski definition) is 5. The number of morpholine rings is 1. The van der Waals surface area contributed by atoms with E-state index in [9.17, 15) is 4.79 Å². The zero-order chi connectivity index (χ0) is 14.9. The predicted octanol–water partition coefficient (Wildman–Crippen LogP) is 1.40. The van der Waals surface area contributed by atoms with Crippen molar-refractivity contribution in [3.8, 4) is 5.82 Å². The van der Waals surface area contributed by atoms with Crippen LogP contribution >= 0.6 is 0 Å². The van der Waals surface area contributed by atoms with Gasteiger partial charge in [-0.1, -0.05) is 0 Å². The zero-order valence-corrected chi connectivity index (χ0v) is 11.9. The minimum atomic E-state index is 0.643. The number of aldehydes is 1. The molecule has 0 bridgehead atoms. The number of ether oxygens (including phenoxy) is 1. The Labute approximate surface area is 126 Å². The Kier molecular flexibility index (Phi) is 3.12. The fraction of sp³-hybridized carbons (Fsp3) is 0.267. The highest BCUT2D eigenvalue weighted by Gasteiger charge is 2.17. The Hall–Kier alpha value is -2.67. The van der Waals surface area contributed by atoms with Gasteiger partial charge in [-0.05, 0) is 12.1 Å². The first kappa shape index (κ1) is 13.0. The van der Waals surface area contributed by atoms with Gasteiger partial charge in [-0.25, -0.2) is 4.98 Å². The Morgan fingerprint density at radius 1 is 1.27 bits per heavy atom. The molecule has 7 nitrogen and oxygen atoms in total. The molecule has 0 aliphatic carbocycles. The van der Waals surface area contributed by atoms with Crippen molar-refractivity contribution in [1.82, 2.24) is 19.7 Å². The van der Waals surface area contributed by atoms with Gasteiger partial charge < -0.3 is 9.64 Å². The van der Waals surface area contributed by atoms with Crippen LogP contribution in [0.25, 0.3) is 16.9 Å². The van der Waals surface area contributed by atoms with Gasteiger partial charge in [0.1, 0.15) is 17.3 Å². The number of carbonyl (C=O) groups excluding carboxylic acids is 1. The second-order valence-electron chi connectivity index (χ2n) is 5.15. The van der Waals surface area contributed by atoms with Crippen molar-refractivity contribution in [3.05, 3.63) is 36.2 Å². The third-order valence-electron chi connectivity index (χ3n) is 3.88. The van der Waals surface area contributed by atoms with E-state index in [4.69, 9.17) is 9.72 Å². The molecule has 0 unspecified atom stereocenters. The number of carbonyl (C=O) groups is 1. The van der Waals surface area contributed by atoms with Gasteiger partial charge in [-0.15, -0.1) is 0 Å². The number of nitrogens with one attached hydrogen (secondary N) is 1. The Morgan fingerprint density at radius 2 is 2.14 bits per heavy atom. The summed E-state index contributed by atoms with van der Waals surface area (Å²) in [6.45, 7) is 2.92. The number of rotatable bonds is 3. The number of aromatic amines is 1. The van der Waals surface area contributed by atoms with Crippen LogP contribution in [-0.2, 0) is 4.74 Å². The molecule has 1 aliphatic rings. The van der Waals surface area contributed by atoms with E-state index in [1.807, 2.05) is 29.0 Å². The largest absolute Gasteiger partial charge is 0.378 e. The zero-order valence-electron chi connectivity index (χ0n) is 11.9. The molecule has 4 heterocycles. The van der Waals surface area contributed by atoms with Crippen molar-refractivity contribution >= 4 is 23.1 Å². The number of hydrogen-bond donors (Lipinski definition) is 1. The molecular formula is C15H15N5O2. The molecular weight excluding hydrogens is 282 g/mol. The molecule has 7 heteroatoms. The molecule has 1 saturated heterocycles. The van der Waals surface area contributed by atoms with Crippen molar-refractivity contribution in [2.45, 2.75) is 0 Å². The lowest BCUT2D eigenvalue weighted by molar-refractivity contribution is 0.112. The first-order valence-electron chi connectivity index (χ1n) is 7.16. The summed E-state index contributed by atoms with van der Waals surface area (Å²) in [5, 5.41) is 7.72. The van der Waals surface area contributed by atoms with Gasteiger partial charge in [0.15, 0.2) is 6.29 Å². The average Bonchev–Trinajstić information content (AvgIpc) is 3.23. The van der Waals surface area contributed by atoms with Crippen molar-refractivity contribution in [1.29, 1.82) is 0 Å². The van der Waals surface area contributed by atoms with Crippen molar-refractivity contribution in [2.75, 3.05) is 31.2 Å². The van der Waals surface area contributed by atoms with E-state index in [2.05, 4.69) is 15.1 Å². The molecule has 3 aromatic rings. The monoisotopic (exact) mass is 297 g/mol. The number of nitrogens with zero attached hydrogens (tertiary/aromatic N) is 4. The smallest absolute Gasteiger partial charge is 0.150 e. The first-order valence-corrected chi connectivity index (χ1v) is 7.16. The minimum Gasteiger partial charge on any atom is -0.378 e. The Morgan fingerprint density at radius 3 is 2.86 bits per heavy atom. The molecule has 0 saturated carbocycles. The third kappa shape index (κ3) is 2.06. The molecule has 1 aliphatic heterocycles. The van der Waals surface area contributed by atoms with Gasteiger partial charge in [0.25, 0.3) is 0 Å². The molecule has 0 radical (unpaired) electrons. The summed E-state index contributed by atoms with van der Waals surface area (Å²) in [6.07, 6.45) is 4.46. The molecule has 0 atom stereocenters. The van der Waals surface area contributed by atoms with Crippen molar-refractivity contribution < 1.29 is 9.53 Å². The van der Waals surface area contributed by atoms with Crippen LogP contribution in [0.3, 0.4) is 0 Å². The number of aromatic nitrogens is 4. The van der Waals surface area contributed by atoms with Gasteiger partial charge in [-0.3, -0.25) is 14.5 Å². The number of fused-ring (bicyclic) bond motifs is 1. The molecule has 0 spiro atoms. The molecule has 0 aromatic carbocycles. The topological polar surface area (TPSA) is 76.0 Å². The summed E-state index contributed by atoms with van der Waals surface area (Å²) >= 11 is 0. The first-order chi connectivity index (χ1) is 10.9. The normalized spacial score (nSPS) is 15.4. The SMILES string of the molecule is O=Cc1cc(N2CCOCC2)nc2c1ccn2-c1ccn[nH]1. The van der Waals surface area contributed by atoms with Gasteiger partial charge in [0.2, 0.25) is 0 Å². The maximum atomic E-state index is 11.5. The second kappa shape index (κ2) is 5.27. The van der Waals surface area contributed by atoms with E-state index in [1.54, 1.807) is 6.20 Å². The van der Waals surface area contributed by atoms with Crippen LogP contribution in [0.15, 0.2) is 30.6 Å². The number of anilines is 1. The summed E-state index contributed by atoms with van der Waals surface area (Å²) in [5.74, 6) is 1.62. The van der Waals surface area contributed by atoms with Crippen LogP contribution in [-0.4, -0.2) is 52.3 Å². The van der Waals surface area contributed by atoms with Crippen LogP contribution in [0.4, 0.5) is 5.82 Å². The molecule has 1 fully saturated rings. The van der Waals surface area contributed by atoms with E-state index in [0.717, 1.165) is 42.0 Å². The molecule has 112 valence electrons. The lowest BCUT2D eigenvalue weighted by atomic mass is 10.2. The minimum absolute atomic E-state index is 0.643. The number of pyridine rings is 1. The summed E-state index contributed by atoms with van der Waals surface area (Å²) in [7, 11) is 0. The van der Waals surface area contributed by atoms with Crippen LogP contribution in [0.2, 0.25) is 0 Å². The van der Waals surface area contributed by atoms with E-state index in [1.165, 1.54) is 0 Å². The third-order valence-corrected chi connectivity index (χ3v) is 3.88. The highest BCUT2D eigenvalue weighted by molar-refractivity contribution is 5.97. The lowest BCUT2D eigenvalue weighted by Crippen LogP contribution is -2.36. The quantitative estimate of drug-likeness (QED) is 0.739. The summed E-state index contributed by atoms with van der Waals surface area (Å²) in [5.41, 5.74) is 1.39. The highest BCUT2D eigenvalue weighted by atomic mass is 16.5. The number of H-pyrrole nitrogens is 1. The molecule has 4 rings (SSSR count). The van der Waals surface area contributed by atoms with E-state index in [0.29, 0.717) is 18.8 Å². The Balaban J connectivity index is 1.88. The van der Waals surface area contributed by atoms with Crippen LogP contribution in [0.5, 0.6) is 0 Å². The fourth-order valence-corrected chi connectivity index (χ4v) is 2.75. The molecule has 1 N–H and O–H groups in total. The van der Waals surface area contributed by atoms with Gasteiger partial charge >= 0.3 is 0 Å². The van der Waals surface area contributed by atoms with Crippen molar-refractivity contribution in [3.63, 3.8) is 0 Å². The average molecular weight is 297 g/mol. The molecule has 22 heavy (non-hydrogen) atoms. The van der Waals surface area contributed by atoms with Gasteiger partial charge in [0.05, 0.1) is 19.4 Å². The summed E-state index contributed by atoms with van der Waals surface area (Å²) in [4.78, 5) is 18.3. The van der Waals surface area contributed by atoms with Crippen LogP contribution < -0.4 is 4.90 Å². The maximum Gasteiger partial charge on any atom is 0.150 e. The maximum absolute atomic E-state index is 11.5. The highest BCUT2D eigenvalue weighted by Crippen LogP contribution is 2.25. The van der Waals surface area contributed by atoms with E-state index < -0.39 is 0 Å². The summed E-state index contributed by atoms with van der Waals surface area (Å²) < 4.78 is 7.28. The van der Waals surface area contributed by atoms with Crippen LogP contribution in [0, 0.1) is 0 Å². The van der Waals surface area contributed by atoms with Crippen molar-refractivity contribution in [2.24, 2.45) is 0 Å². The standard InChI is InChI=1S/C15H15N5O2/c21-10-11-9-14(19-5-7-22-8-6-19)17-15-12(11)2-4-20(15)13-1-3-16-18-13/h1-4,9-10H,5-8H2,(H,16,18). The Bertz CT molecular complexity index is 803.